The molecule has 2 heterocycles. The Morgan fingerprint density at radius 2 is 2.12 bits per heavy atom. The largest absolute Gasteiger partial charge is 0.480 e. The van der Waals surface area contributed by atoms with Crippen LogP contribution in [0.25, 0.3) is 10.9 Å². The fourth-order valence-electron chi connectivity index (χ4n) is 2.10. The molecule has 0 unspecified atom stereocenters. The number of carboxylic acid groups (broad SMARTS) is 1. The van der Waals surface area contributed by atoms with Crippen molar-refractivity contribution in [1.29, 1.82) is 0 Å². The summed E-state index contributed by atoms with van der Waals surface area (Å²) in [6, 6.07) is 6.87. The minimum Gasteiger partial charge on any atom is -0.480 e. The predicted molar refractivity (Wildman–Crippen MR) is 85.8 cm³/mol. The van der Waals surface area contributed by atoms with Gasteiger partial charge in [0.15, 0.2) is 5.69 Å². The number of aliphatic carboxylic acids is 1. The van der Waals surface area contributed by atoms with Crippen LogP contribution in [0.1, 0.15) is 10.5 Å². The summed E-state index contributed by atoms with van der Waals surface area (Å²) in [5, 5.41) is 21.2. The second kappa shape index (κ2) is 6.20. The number of carbonyl (C=O) groups is 2. The van der Waals surface area contributed by atoms with Crippen LogP contribution in [0.15, 0.2) is 30.5 Å². The number of aromatic nitrogens is 4. The highest BCUT2D eigenvalue weighted by Crippen LogP contribution is 2.23. The van der Waals surface area contributed by atoms with Crippen molar-refractivity contribution in [3.05, 3.63) is 36.2 Å². The van der Waals surface area contributed by atoms with Gasteiger partial charge in [0, 0.05) is 17.3 Å². The smallest absolute Gasteiger partial charge is 0.322 e. The first-order valence-corrected chi connectivity index (χ1v) is 6.86. The van der Waals surface area contributed by atoms with Gasteiger partial charge in [-0.05, 0) is 24.3 Å². The van der Waals surface area contributed by atoms with Crippen LogP contribution in [-0.4, -0.2) is 43.7 Å². The molecule has 0 aliphatic heterocycles. The van der Waals surface area contributed by atoms with Gasteiger partial charge in [0.25, 0.3) is 5.91 Å². The summed E-state index contributed by atoms with van der Waals surface area (Å²) in [5.41, 5.74) is 6.94. The minimum absolute atomic E-state index is 0.108. The molecule has 10 nitrogen and oxygen atoms in total. The second-order valence-corrected chi connectivity index (χ2v) is 4.83. The Balaban J connectivity index is 1.88. The van der Waals surface area contributed by atoms with E-state index in [9.17, 15) is 9.59 Å². The van der Waals surface area contributed by atoms with E-state index in [-0.39, 0.29) is 11.6 Å². The molecule has 24 heavy (non-hydrogen) atoms. The van der Waals surface area contributed by atoms with Crippen molar-refractivity contribution >= 4 is 40.2 Å². The third-order valence-corrected chi connectivity index (χ3v) is 3.12. The monoisotopic (exact) mass is 327 g/mol. The molecule has 2 aromatic heterocycles. The summed E-state index contributed by atoms with van der Waals surface area (Å²) in [6.45, 7) is -0.481. The molecule has 0 aliphatic rings. The van der Waals surface area contributed by atoms with Gasteiger partial charge in [0.1, 0.15) is 12.4 Å². The first-order valence-electron chi connectivity index (χ1n) is 6.86. The molecule has 0 aliphatic carbocycles. The maximum Gasteiger partial charge on any atom is 0.322 e. The lowest BCUT2D eigenvalue weighted by Crippen LogP contribution is -2.29. The van der Waals surface area contributed by atoms with E-state index in [0.717, 1.165) is 0 Å². The first-order chi connectivity index (χ1) is 11.5. The Morgan fingerprint density at radius 1 is 1.29 bits per heavy atom. The van der Waals surface area contributed by atoms with Crippen molar-refractivity contribution < 1.29 is 14.7 Å². The number of rotatable bonds is 5. The number of nitrogens with one attached hydrogen (secondary N) is 3. The van der Waals surface area contributed by atoms with Gasteiger partial charge in [-0.2, -0.15) is 10.1 Å². The van der Waals surface area contributed by atoms with Gasteiger partial charge in [-0.15, -0.1) is 0 Å². The Bertz CT molecular complexity index is 922. The van der Waals surface area contributed by atoms with Gasteiger partial charge in [-0.1, -0.05) is 0 Å². The zero-order valence-electron chi connectivity index (χ0n) is 12.3. The number of nitrogen functional groups attached to an aromatic ring is 1. The zero-order valence-corrected chi connectivity index (χ0v) is 12.3. The van der Waals surface area contributed by atoms with Gasteiger partial charge >= 0.3 is 5.97 Å². The zero-order chi connectivity index (χ0) is 17.1. The summed E-state index contributed by atoms with van der Waals surface area (Å²) >= 11 is 0. The molecule has 1 amide bonds. The minimum atomic E-state index is -1.13. The third-order valence-electron chi connectivity index (χ3n) is 3.12. The number of carboxylic acids is 1. The highest BCUT2D eigenvalue weighted by Gasteiger charge is 2.15. The lowest BCUT2D eigenvalue weighted by atomic mass is 10.2. The molecular weight excluding hydrogens is 314 g/mol. The van der Waals surface area contributed by atoms with Crippen LogP contribution >= 0.6 is 0 Å². The lowest BCUT2D eigenvalue weighted by molar-refractivity contribution is -0.135. The number of fused-ring (bicyclic) bond motifs is 1. The predicted octanol–water partition coefficient (Wildman–Crippen LogP) is 0.493. The first kappa shape index (κ1) is 15.2. The Morgan fingerprint density at radius 3 is 2.88 bits per heavy atom. The van der Waals surface area contributed by atoms with Gasteiger partial charge in [0.05, 0.1) is 5.52 Å². The molecule has 6 N–H and O–H groups in total. The van der Waals surface area contributed by atoms with Gasteiger partial charge in [-0.3, -0.25) is 14.7 Å². The van der Waals surface area contributed by atoms with Crippen molar-refractivity contribution in [2.45, 2.75) is 0 Å². The van der Waals surface area contributed by atoms with Crippen molar-refractivity contribution in [1.82, 2.24) is 25.5 Å². The quantitative estimate of drug-likeness (QED) is 0.453. The highest BCUT2D eigenvalue weighted by atomic mass is 16.4. The van der Waals surface area contributed by atoms with Gasteiger partial charge in [-0.25, -0.2) is 4.98 Å². The molecular formula is C14H13N7O3. The van der Waals surface area contributed by atoms with Gasteiger partial charge < -0.3 is 21.5 Å². The van der Waals surface area contributed by atoms with Crippen LogP contribution in [0.4, 0.5) is 17.5 Å². The van der Waals surface area contributed by atoms with Crippen LogP contribution in [-0.2, 0) is 4.79 Å². The van der Waals surface area contributed by atoms with E-state index < -0.39 is 18.4 Å². The number of anilines is 3. The molecule has 0 saturated carbocycles. The number of nitrogens with two attached hydrogens (primary N) is 1. The summed E-state index contributed by atoms with van der Waals surface area (Å²) in [4.78, 5) is 30.4. The molecule has 0 radical (unpaired) electrons. The number of hydrogen-bond acceptors (Lipinski definition) is 7. The Kier molecular flexibility index (Phi) is 3.93. The van der Waals surface area contributed by atoms with Crippen LogP contribution < -0.4 is 16.4 Å². The number of carbonyl (C=O) groups excluding carboxylic acids is 1. The summed E-state index contributed by atoms with van der Waals surface area (Å²) in [7, 11) is 0. The molecule has 3 aromatic rings. The van der Waals surface area contributed by atoms with Crippen LogP contribution in [0.5, 0.6) is 0 Å². The van der Waals surface area contributed by atoms with Gasteiger partial charge in [0.2, 0.25) is 5.95 Å². The molecule has 0 atom stereocenters. The number of nitrogens with zero attached hydrogens (tertiary/aromatic N) is 3. The van der Waals surface area contributed by atoms with Crippen molar-refractivity contribution in [3.63, 3.8) is 0 Å². The molecule has 10 heteroatoms. The molecule has 122 valence electrons. The van der Waals surface area contributed by atoms with Crippen molar-refractivity contribution in [3.8, 4) is 0 Å². The van der Waals surface area contributed by atoms with E-state index in [1.807, 2.05) is 0 Å². The number of H-pyrrole nitrogens is 1. The summed E-state index contributed by atoms with van der Waals surface area (Å²) in [5.74, 6) is -1.07. The number of amides is 1. The highest BCUT2D eigenvalue weighted by molar-refractivity contribution is 6.06. The Labute approximate surface area is 135 Å². The maximum absolute atomic E-state index is 12.0. The number of benzene rings is 1. The standard InChI is InChI=1S/C14H13N7O3/c15-14-16-4-3-10(19-14)18-7-1-2-9-8(5-7)12(21-20-9)13(24)17-6-11(22)23/h1-5H,6H2,(H,17,24)(H,20,21)(H,22,23)(H3,15,16,18,19). The maximum atomic E-state index is 12.0. The third kappa shape index (κ3) is 3.21. The van der Waals surface area contributed by atoms with E-state index in [0.29, 0.717) is 22.4 Å². The molecule has 3 rings (SSSR count). The SMILES string of the molecule is Nc1nccc(Nc2ccc3[nH]nc(C(=O)NCC(=O)O)c3c2)n1. The van der Waals surface area contributed by atoms with E-state index in [4.69, 9.17) is 10.8 Å². The normalized spacial score (nSPS) is 10.5. The Hall–Kier alpha value is -3.69. The van der Waals surface area contributed by atoms with E-state index in [2.05, 4.69) is 30.8 Å². The number of hydrogen-bond donors (Lipinski definition) is 5. The summed E-state index contributed by atoms with van der Waals surface area (Å²) in [6.07, 6.45) is 1.52. The van der Waals surface area contributed by atoms with Crippen molar-refractivity contribution in [2.24, 2.45) is 0 Å². The second-order valence-electron chi connectivity index (χ2n) is 4.83. The topological polar surface area (TPSA) is 159 Å². The number of aromatic amines is 1. The molecule has 0 bridgehead atoms. The van der Waals surface area contributed by atoms with Crippen LogP contribution in [0.2, 0.25) is 0 Å². The van der Waals surface area contributed by atoms with Crippen LogP contribution in [0.3, 0.4) is 0 Å². The molecule has 0 saturated heterocycles. The average Bonchev–Trinajstić information content (AvgIpc) is 2.96. The van der Waals surface area contributed by atoms with E-state index >= 15 is 0 Å². The van der Waals surface area contributed by atoms with E-state index in [1.54, 1.807) is 24.3 Å². The fourth-order valence-corrected chi connectivity index (χ4v) is 2.10. The summed E-state index contributed by atoms with van der Waals surface area (Å²) < 4.78 is 0. The molecule has 1 aromatic carbocycles. The average molecular weight is 327 g/mol. The lowest BCUT2D eigenvalue weighted by Gasteiger charge is -2.06. The fraction of sp³-hybridized carbons (Fsp3) is 0.0714. The van der Waals surface area contributed by atoms with E-state index in [1.165, 1.54) is 6.20 Å². The van der Waals surface area contributed by atoms with Crippen molar-refractivity contribution in [2.75, 3.05) is 17.6 Å². The molecule has 0 fully saturated rings. The van der Waals surface area contributed by atoms with Crippen LogP contribution in [0, 0.1) is 0 Å². The molecule has 0 spiro atoms.